The number of nitrogens with zero attached hydrogens (tertiary/aromatic N) is 1. The number of aromatic nitrogens is 1. The van der Waals surface area contributed by atoms with Crippen LogP contribution in [0.5, 0.6) is 5.75 Å². The second-order valence-electron chi connectivity index (χ2n) is 3.16. The average molecular weight is 279 g/mol. The van der Waals surface area contributed by atoms with E-state index in [0.29, 0.717) is 0 Å². The van der Waals surface area contributed by atoms with Crippen LogP contribution in [0.2, 0.25) is 0 Å². The lowest BCUT2D eigenvalue weighted by atomic mass is 10.2. The molecule has 0 atom stereocenters. The first kappa shape index (κ1) is 13.0. The summed E-state index contributed by atoms with van der Waals surface area (Å²) in [7, 11) is 0. The highest BCUT2D eigenvalue weighted by atomic mass is 19.2. The summed E-state index contributed by atoms with van der Waals surface area (Å²) < 4.78 is 73.1. The van der Waals surface area contributed by atoms with Crippen LogP contribution in [0.3, 0.4) is 0 Å². The fourth-order valence-electron chi connectivity index (χ4n) is 1.13. The van der Waals surface area contributed by atoms with Gasteiger partial charge < -0.3 is 9.15 Å². The summed E-state index contributed by atoms with van der Waals surface area (Å²) in [5.41, 5.74) is -0.496. The maximum atomic E-state index is 13.2. The number of benzene rings is 1. The Balaban J connectivity index is 2.44. The monoisotopic (exact) mass is 279 g/mol. The van der Waals surface area contributed by atoms with Crippen molar-refractivity contribution < 1.29 is 35.9 Å². The van der Waals surface area contributed by atoms with Crippen molar-refractivity contribution in [3.8, 4) is 5.75 Å². The van der Waals surface area contributed by atoms with E-state index in [-0.39, 0.29) is 0 Å². The number of rotatable bonds is 2. The van der Waals surface area contributed by atoms with Crippen LogP contribution in [0, 0.1) is 29.1 Å². The van der Waals surface area contributed by atoms with Gasteiger partial charge in [0.25, 0.3) is 0 Å². The van der Waals surface area contributed by atoms with Crippen molar-refractivity contribution in [2.45, 2.75) is 0 Å². The molecule has 0 amide bonds. The molecule has 1 aromatic carbocycles. The van der Waals surface area contributed by atoms with Crippen LogP contribution in [0.15, 0.2) is 17.1 Å². The van der Waals surface area contributed by atoms with Crippen LogP contribution in [-0.4, -0.2) is 11.0 Å². The van der Waals surface area contributed by atoms with Gasteiger partial charge in [-0.15, -0.1) is 0 Å². The summed E-state index contributed by atoms with van der Waals surface area (Å²) in [6.45, 7) is 0. The third-order valence-corrected chi connectivity index (χ3v) is 2.01. The van der Waals surface area contributed by atoms with Crippen LogP contribution in [0.4, 0.5) is 22.0 Å². The van der Waals surface area contributed by atoms with Gasteiger partial charge in [0.1, 0.15) is 6.26 Å². The summed E-state index contributed by atoms with van der Waals surface area (Å²) >= 11 is 0. The van der Waals surface area contributed by atoms with Crippen molar-refractivity contribution in [3.05, 3.63) is 47.4 Å². The van der Waals surface area contributed by atoms with Crippen LogP contribution in [0.25, 0.3) is 0 Å². The molecule has 100 valence electrons. The number of carbonyl (C=O) groups excluding carboxylic acids is 1. The summed E-state index contributed by atoms with van der Waals surface area (Å²) in [4.78, 5) is 14.6. The summed E-state index contributed by atoms with van der Waals surface area (Å²) in [6, 6.07) is 0. The van der Waals surface area contributed by atoms with Gasteiger partial charge in [0.05, 0.1) is 0 Å². The molecule has 9 heteroatoms. The molecule has 4 nitrogen and oxygen atoms in total. The van der Waals surface area contributed by atoms with Gasteiger partial charge in [0.15, 0.2) is 12.1 Å². The molecule has 1 heterocycles. The highest BCUT2D eigenvalue weighted by molar-refractivity contribution is 5.88. The molecule has 0 bridgehead atoms. The van der Waals surface area contributed by atoms with Gasteiger partial charge in [0.2, 0.25) is 34.8 Å². The van der Waals surface area contributed by atoms with Crippen LogP contribution < -0.4 is 4.74 Å². The fraction of sp³-hybridized carbons (Fsp3) is 0. The Morgan fingerprint density at radius 2 is 1.53 bits per heavy atom. The first-order valence-electron chi connectivity index (χ1n) is 4.55. The molecule has 0 unspecified atom stereocenters. The third kappa shape index (κ3) is 2.14. The lowest BCUT2D eigenvalue weighted by Crippen LogP contribution is -2.14. The van der Waals surface area contributed by atoms with E-state index in [1.807, 2.05) is 0 Å². The quantitative estimate of drug-likeness (QED) is 0.279. The van der Waals surface area contributed by atoms with Gasteiger partial charge in [-0.05, 0) is 0 Å². The van der Waals surface area contributed by atoms with Crippen molar-refractivity contribution in [1.29, 1.82) is 0 Å². The number of hydrogen-bond donors (Lipinski definition) is 0. The van der Waals surface area contributed by atoms with Crippen LogP contribution in [0.1, 0.15) is 10.5 Å². The fourth-order valence-corrected chi connectivity index (χ4v) is 1.13. The van der Waals surface area contributed by atoms with E-state index in [2.05, 4.69) is 14.1 Å². The van der Waals surface area contributed by atoms with Crippen LogP contribution >= 0.6 is 0 Å². The van der Waals surface area contributed by atoms with E-state index in [1.54, 1.807) is 0 Å². The molecule has 0 aliphatic carbocycles. The number of hydrogen-bond acceptors (Lipinski definition) is 4. The van der Waals surface area contributed by atoms with E-state index >= 15 is 0 Å². The maximum absolute atomic E-state index is 13.2. The summed E-state index contributed by atoms with van der Waals surface area (Å²) in [6.07, 6.45) is 1.59. The van der Waals surface area contributed by atoms with E-state index in [9.17, 15) is 26.7 Å². The van der Waals surface area contributed by atoms with Crippen LogP contribution in [-0.2, 0) is 0 Å². The Morgan fingerprint density at radius 1 is 1.00 bits per heavy atom. The van der Waals surface area contributed by atoms with E-state index in [0.717, 1.165) is 12.7 Å². The topological polar surface area (TPSA) is 52.3 Å². The second kappa shape index (κ2) is 4.67. The Kier molecular flexibility index (Phi) is 3.19. The van der Waals surface area contributed by atoms with Gasteiger partial charge in [-0.3, -0.25) is 0 Å². The standard InChI is InChI=1S/C10H2F5NO3/c11-4-5(12)7(14)9(8(15)6(4)13)19-10(17)3-1-18-2-16-3/h1-2H. The molecule has 0 N–H and O–H groups in total. The molecule has 0 saturated heterocycles. The molecular formula is C10H2F5NO3. The Bertz CT molecular complexity index is 612. The summed E-state index contributed by atoms with van der Waals surface area (Å²) in [5.74, 6) is -14.4. The molecule has 0 aliphatic rings. The third-order valence-electron chi connectivity index (χ3n) is 2.01. The van der Waals surface area contributed by atoms with Gasteiger partial charge in [-0.1, -0.05) is 0 Å². The predicted octanol–water partition coefficient (Wildman–Crippen LogP) is 2.59. The first-order chi connectivity index (χ1) is 8.93. The number of ether oxygens (including phenoxy) is 1. The van der Waals surface area contributed by atoms with E-state index in [1.165, 1.54) is 0 Å². The van der Waals surface area contributed by atoms with Crippen molar-refractivity contribution in [2.24, 2.45) is 0 Å². The molecule has 0 saturated carbocycles. The van der Waals surface area contributed by atoms with Gasteiger partial charge in [-0.25, -0.2) is 22.9 Å². The molecule has 1 aromatic heterocycles. The van der Waals surface area contributed by atoms with E-state index < -0.39 is 46.5 Å². The van der Waals surface area contributed by atoms with Crippen molar-refractivity contribution in [3.63, 3.8) is 0 Å². The highest BCUT2D eigenvalue weighted by Crippen LogP contribution is 2.29. The largest absolute Gasteiger partial charge is 0.451 e. The minimum atomic E-state index is -2.35. The Labute approximate surface area is 101 Å². The Morgan fingerprint density at radius 3 is 2.00 bits per heavy atom. The summed E-state index contributed by atoms with van der Waals surface area (Å²) in [5, 5.41) is 0. The van der Waals surface area contributed by atoms with Gasteiger partial charge in [0, 0.05) is 0 Å². The second-order valence-corrected chi connectivity index (χ2v) is 3.16. The molecule has 2 rings (SSSR count). The first-order valence-corrected chi connectivity index (χ1v) is 4.55. The molecule has 0 spiro atoms. The SMILES string of the molecule is O=C(Oc1c(F)c(F)c(F)c(F)c1F)c1cocn1. The highest BCUT2D eigenvalue weighted by Gasteiger charge is 2.29. The predicted molar refractivity (Wildman–Crippen MR) is 47.7 cm³/mol. The smallest absolute Gasteiger partial charge is 0.365 e. The molecular weight excluding hydrogens is 277 g/mol. The number of carbonyl (C=O) groups is 1. The normalized spacial score (nSPS) is 10.6. The minimum absolute atomic E-state index is 0.496. The molecule has 0 radical (unpaired) electrons. The van der Waals surface area contributed by atoms with Crippen molar-refractivity contribution in [2.75, 3.05) is 0 Å². The number of oxazole rings is 1. The zero-order chi connectivity index (χ0) is 14.2. The van der Waals surface area contributed by atoms with Crippen molar-refractivity contribution >= 4 is 5.97 Å². The molecule has 2 aromatic rings. The zero-order valence-electron chi connectivity index (χ0n) is 8.72. The van der Waals surface area contributed by atoms with Gasteiger partial charge in [-0.2, -0.15) is 8.78 Å². The number of halogens is 5. The molecule has 19 heavy (non-hydrogen) atoms. The lowest BCUT2D eigenvalue weighted by molar-refractivity contribution is 0.0710. The van der Waals surface area contributed by atoms with Crippen molar-refractivity contribution in [1.82, 2.24) is 4.98 Å². The van der Waals surface area contributed by atoms with Gasteiger partial charge >= 0.3 is 5.97 Å². The molecule has 0 fully saturated rings. The average Bonchev–Trinajstić information content (AvgIpc) is 2.93. The zero-order valence-corrected chi connectivity index (χ0v) is 8.72. The lowest BCUT2D eigenvalue weighted by Gasteiger charge is -2.07. The molecule has 0 aliphatic heterocycles. The maximum Gasteiger partial charge on any atom is 0.365 e. The number of esters is 1. The van der Waals surface area contributed by atoms with E-state index in [4.69, 9.17) is 0 Å². The minimum Gasteiger partial charge on any atom is -0.451 e. The Hall–Kier alpha value is -2.45.